The van der Waals surface area contributed by atoms with Gasteiger partial charge in [-0.1, -0.05) is 59.4 Å². The smallest absolute Gasteiger partial charge is 0.234 e. The molecule has 1 aliphatic rings. The Balaban J connectivity index is 1.46. The van der Waals surface area contributed by atoms with Crippen molar-refractivity contribution < 1.29 is 14.0 Å². The topological polar surface area (TPSA) is 53.5 Å². The van der Waals surface area contributed by atoms with Crippen molar-refractivity contribution >= 4 is 44.2 Å². The molecule has 1 saturated heterocycles. The van der Waals surface area contributed by atoms with E-state index in [4.69, 9.17) is 0 Å². The Morgan fingerprint density at radius 1 is 1.12 bits per heavy atom. The summed E-state index contributed by atoms with van der Waals surface area (Å²) in [6, 6.07) is 21.8. The van der Waals surface area contributed by atoms with Crippen molar-refractivity contribution in [3.05, 3.63) is 89.7 Å². The highest BCUT2D eigenvalue weighted by molar-refractivity contribution is 7.22. The van der Waals surface area contributed by atoms with Crippen LogP contribution >= 0.6 is 11.3 Å². The van der Waals surface area contributed by atoms with E-state index in [0.29, 0.717) is 28.4 Å². The van der Waals surface area contributed by atoms with E-state index in [1.54, 1.807) is 15.9 Å². The second-order valence-corrected chi connectivity index (χ2v) is 9.27. The summed E-state index contributed by atoms with van der Waals surface area (Å²) in [5.74, 6) is -1.04. The third-order valence-electron chi connectivity index (χ3n) is 5.84. The largest absolute Gasteiger partial charge is 0.312 e. The van der Waals surface area contributed by atoms with Crippen molar-refractivity contribution in [3.8, 4) is 0 Å². The van der Waals surface area contributed by atoms with Gasteiger partial charge in [-0.3, -0.25) is 14.5 Å². The Morgan fingerprint density at radius 2 is 1.88 bits per heavy atom. The normalized spacial score (nSPS) is 15.9. The van der Waals surface area contributed by atoms with Gasteiger partial charge in [0.15, 0.2) is 5.13 Å². The Bertz CT molecular complexity index is 1320. The molecule has 1 aromatic heterocycles. The Kier molecular flexibility index (Phi) is 5.64. The number of halogens is 1. The lowest BCUT2D eigenvalue weighted by Gasteiger charge is -2.23. The summed E-state index contributed by atoms with van der Waals surface area (Å²) in [6.07, 6.45) is 0.150. The van der Waals surface area contributed by atoms with Crippen LogP contribution in [-0.4, -0.2) is 23.3 Å². The number of nitrogens with zero attached hydrogens (tertiary/aromatic N) is 3. The fraction of sp³-hybridized carbons (Fsp3) is 0.192. The number of aryl methyl sites for hydroxylation is 1. The van der Waals surface area contributed by atoms with Gasteiger partial charge >= 0.3 is 0 Å². The molecule has 4 aromatic rings. The van der Waals surface area contributed by atoms with Crippen LogP contribution in [0.3, 0.4) is 0 Å². The fourth-order valence-electron chi connectivity index (χ4n) is 4.08. The van der Waals surface area contributed by atoms with Crippen LogP contribution in [0.25, 0.3) is 10.2 Å². The van der Waals surface area contributed by atoms with E-state index in [0.717, 1.165) is 16.8 Å². The van der Waals surface area contributed by atoms with Crippen LogP contribution in [0.4, 0.5) is 15.2 Å². The fourth-order valence-corrected chi connectivity index (χ4v) is 5.07. The van der Waals surface area contributed by atoms with E-state index in [1.165, 1.54) is 23.5 Å². The molecule has 3 aromatic carbocycles. The number of anilines is 2. The van der Waals surface area contributed by atoms with Gasteiger partial charge in [0.2, 0.25) is 11.8 Å². The number of hydrogen-bond donors (Lipinski definition) is 0. The minimum atomic E-state index is -0.480. The summed E-state index contributed by atoms with van der Waals surface area (Å²) in [6.45, 7) is 2.65. The zero-order valence-corrected chi connectivity index (χ0v) is 18.9. The first-order chi connectivity index (χ1) is 16.0. The van der Waals surface area contributed by atoms with Crippen molar-refractivity contribution in [3.63, 3.8) is 0 Å². The number of amides is 2. The van der Waals surface area contributed by atoms with E-state index < -0.39 is 5.92 Å². The number of aromatic nitrogens is 1. The standard InChI is InChI=1S/C26H22FN3O2S/c1-17-7-10-21(11-8-17)29-16-19(13-24(29)31)25(32)30(15-18-5-3-2-4-6-18)26-28-22-12-9-20(27)14-23(22)33-26/h2-12,14,19H,13,15-16H2,1H3. The van der Waals surface area contributed by atoms with Crippen LogP contribution in [0.1, 0.15) is 17.5 Å². The highest BCUT2D eigenvalue weighted by Crippen LogP contribution is 2.33. The molecule has 5 nitrogen and oxygen atoms in total. The second-order valence-electron chi connectivity index (χ2n) is 8.26. The number of carbonyl (C=O) groups is 2. The molecule has 1 unspecified atom stereocenters. The van der Waals surface area contributed by atoms with Crippen molar-refractivity contribution in [2.24, 2.45) is 5.92 Å². The minimum Gasteiger partial charge on any atom is -0.312 e. The third kappa shape index (κ3) is 4.36. The third-order valence-corrected chi connectivity index (χ3v) is 6.88. The number of hydrogen-bond acceptors (Lipinski definition) is 4. The van der Waals surface area contributed by atoms with Gasteiger partial charge in [-0.2, -0.15) is 0 Å². The van der Waals surface area contributed by atoms with Crippen LogP contribution in [0.2, 0.25) is 0 Å². The Morgan fingerprint density at radius 3 is 2.64 bits per heavy atom. The number of carbonyl (C=O) groups excluding carboxylic acids is 2. The first-order valence-corrected chi connectivity index (χ1v) is 11.6. The molecular weight excluding hydrogens is 437 g/mol. The van der Waals surface area contributed by atoms with Crippen LogP contribution in [0.15, 0.2) is 72.8 Å². The maximum Gasteiger partial charge on any atom is 0.234 e. The van der Waals surface area contributed by atoms with Crippen molar-refractivity contribution in [2.45, 2.75) is 19.9 Å². The lowest BCUT2D eigenvalue weighted by atomic mass is 10.1. The number of fused-ring (bicyclic) bond motifs is 1. The van der Waals surface area contributed by atoms with Gasteiger partial charge in [-0.25, -0.2) is 9.37 Å². The van der Waals surface area contributed by atoms with E-state index in [-0.39, 0.29) is 24.1 Å². The molecule has 1 fully saturated rings. The Hall–Kier alpha value is -3.58. The molecule has 0 aliphatic carbocycles. The van der Waals surface area contributed by atoms with E-state index in [1.807, 2.05) is 61.5 Å². The first kappa shape index (κ1) is 21.3. The average molecular weight is 460 g/mol. The van der Waals surface area contributed by atoms with Crippen LogP contribution in [-0.2, 0) is 16.1 Å². The summed E-state index contributed by atoms with van der Waals surface area (Å²) in [5.41, 5.74) is 3.51. The van der Waals surface area contributed by atoms with E-state index in [2.05, 4.69) is 4.98 Å². The second kappa shape index (κ2) is 8.75. The SMILES string of the molecule is Cc1ccc(N2CC(C(=O)N(Cc3ccccc3)c3nc4ccc(F)cc4s3)CC2=O)cc1. The summed E-state index contributed by atoms with van der Waals surface area (Å²) in [7, 11) is 0. The average Bonchev–Trinajstić information content (AvgIpc) is 3.41. The molecule has 7 heteroatoms. The highest BCUT2D eigenvalue weighted by atomic mass is 32.1. The molecule has 1 aliphatic heterocycles. The molecule has 0 spiro atoms. The van der Waals surface area contributed by atoms with Gasteiger partial charge < -0.3 is 4.90 Å². The molecule has 2 amide bonds. The number of rotatable bonds is 5. The van der Waals surface area contributed by atoms with Gasteiger partial charge in [0.05, 0.1) is 22.7 Å². The molecule has 0 bridgehead atoms. The predicted octanol–water partition coefficient (Wildman–Crippen LogP) is 5.33. The van der Waals surface area contributed by atoms with Gasteiger partial charge in [-0.05, 0) is 42.8 Å². The molecule has 33 heavy (non-hydrogen) atoms. The van der Waals surface area contributed by atoms with Gasteiger partial charge in [0.1, 0.15) is 5.82 Å². The molecule has 0 saturated carbocycles. The van der Waals surface area contributed by atoms with Gasteiger partial charge in [0, 0.05) is 18.7 Å². The molecule has 0 N–H and O–H groups in total. The summed E-state index contributed by atoms with van der Waals surface area (Å²) in [5, 5.41) is 0.505. The number of benzene rings is 3. The van der Waals surface area contributed by atoms with Crippen molar-refractivity contribution in [2.75, 3.05) is 16.3 Å². The Labute approximate surface area is 195 Å². The van der Waals surface area contributed by atoms with E-state index >= 15 is 0 Å². The van der Waals surface area contributed by atoms with Crippen LogP contribution in [0, 0.1) is 18.7 Å². The maximum absolute atomic E-state index is 13.7. The maximum atomic E-state index is 13.7. The van der Waals surface area contributed by atoms with E-state index in [9.17, 15) is 14.0 Å². The summed E-state index contributed by atoms with van der Waals surface area (Å²) < 4.78 is 14.4. The van der Waals surface area contributed by atoms with Gasteiger partial charge in [-0.15, -0.1) is 0 Å². The highest BCUT2D eigenvalue weighted by Gasteiger charge is 2.38. The zero-order chi connectivity index (χ0) is 22.9. The molecule has 2 heterocycles. The number of thiazole rings is 1. The van der Waals surface area contributed by atoms with Crippen molar-refractivity contribution in [1.82, 2.24) is 4.98 Å². The van der Waals surface area contributed by atoms with Crippen LogP contribution < -0.4 is 9.80 Å². The molecule has 166 valence electrons. The lowest BCUT2D eigenvalue weighted by molar-refractivity contribution is -0.124. The summed E-state index contributed by atoms with van der Waals surface area (Å²) >= 11 is 1.28. The molecule has 0 radical (unpaired) electrons. The predicted molar refractivity (Wildman–Crippen MR) is 129 cm³/mol. The van der Waals surface area contributed by atoms with Crippen LogP contribution in [0.5, 0.6) is 0 Å². The van der Waals surface area contributed by atoms with Crippen molar-refractivity contribution in [1.29, 1.82) is 0 Å². The minimum absolute atomic E-state index is 0.0664. The molecule has 5 rings (SSSR count). The molecule has 1 atom stereocenters. The monoisotopic (exact) mass is 459 g/mol. The first-order valence-electron chi connectivity index (χ1n) is 10.8. The zero-order valence-electron chi connectivity index (χ0n) is 18.1. The quantitative estimate of drug-likeness (QED) is 0.405. The molecular formula is C26H22FN3O2S. The van der Waals surface area contributed by atoms with Gasteiger partial charge in [0.25, 0.3) is 0 Å². The summed E-state index contributed by atoms with van der Waals surface area (Å²) in [4.78, 5) is 34.4. The lowest BCUT2D eigenvalue weighted by Crippen LogP contribution is -2.37.